The maximum atomic E-state index is 8.32. The summed E-state index contributed by atoms with van der Waals surface area (Å²) in [5.41, 5.74) is 1.17. The van der Waals surface area contributed by atoms with Crippen molar-refractivity contribution < 1.29 is 5.48 Å². The van der Waals surface area contributed by atoms with Gasteiger partial charge in [-0.25, -0.2) is 0 Å². The Morgan fingerprint density at radius 3 is 2.88 bits per heavy atom. The minimum absolute atomic E-state index is 0.0923. The van der Waals surface area contributed by atoms with E-state index < -0.39 is 12.9 Å². The number of aryl methyl sites for hydroxylation is 1. The summed E-state index contributed by atoms with van der Waals surface area (Å²) in [5, 5.41) is 0.721. The second kappa shape index (κ2) is 4.71. The Hall–Kier alpha value is -1.28. The molecule has 0 unspecified atom stereocenters. The topological polar surface area (TPSA) is 19.0 Å². The van der Waals surface area contributed by atoms with Gasteiger partial charge in [-0.3, -0.25) is 0 Å². The number of likely N-dealkylation sites (N-methyl/N-ethyl adjacent to an activating group) is 1. The lowest BCUT2D eigenvalue weighted by atomic mass is 10.1. The minimum Gasteiger partial charge on any atom is -0.361 e. The molecule has 2 aromatic rings. The molecule has 0 aliphatic carbocycles. The van der Waals surface area contributed by atoms with Crippen LogP contribution in [0.2, 0.25) is 0 Å². The Bertz CT molecular complexity index is 604. The number of benzene rings is 1. The SMILES string of the molecule is [2H]C([2H])(c1c[nH]c2ccccc12)C([2H])([2H])N(C)C(C)C. The number of fused-ring (bicyclic) bond motifs is 1. The number of nitrogens with zero attached hydrogens (tertiary/aromatic N) is 1. The smallest absolute Gasteiger partial charge is 0.0456 e. The van der Waals surface area contributed by atoms with Crippen molar-refractivity contribution in [2.75, 3.05) is 13.5 Å². The van der Waals surface area contributed by atoms with E-state index in [-0.39, 0.29) is 6.04 Å². The molecular weight excluding hydrogens is 196 g/mol. The van der Waals surface area contributed by atoms with E-state index in [1.54, 1.807) is 13.2 Å². The van der Waals surface area contributed by atoms with Crippen LogP contribution in [0.15, 0.2) is 30.5 Å². The van der Waals surface area contributed by atoms with Crippen LogP contribution in [-0.2, 0) is 6.37 Å². The average Bonchev–Trinajstić information content (AvgIpc) is 2.81. The highest BCUT2D eigenvalue weighted by Gasteiger charge is 2.06. The number of rotatable bonds is 4. The molecule has 0 saturated carbocycles. The van der Waals surface area contributed by atoms with Crippen molar-refractivity contribution in [3.05, 3.63) is 36.0 Å². The van der Waals surface area contributed by atoms with Gasteiger partial charge in [-0.05, 0) is 38.9 Å². The Balaban J connectivity index is 2.54. The zero-order valence-corrected chi connectivity index (χ0v) is 9.91. The maximum Gasteiger partial charge on any atom is 0.0456 e. The number of nitrogens with one attached hydrogen (secondary N) is 1. The second-order valence-corrected chi connectivity index (χ2v) is 4.19. The van der Waals surface area contributed by atoms with Crippen molar-refractivity contribution in [1.82, 2.24) is 9.88 Å². The molecule has 16 heavy (non-hydrogen) atoms. The van der Waals surface area contributed by atoms with Gasteiger partial charge in [0.25, 0.3) is 0 Å². The van der Waals surface area contributed by atoms with Crippen LogP contribution in [0.4, 0.5) is 0 Å². The lowest BCUT2D eigenvalue weighted by Crippen LogP contribution is -2.28. The summed E-state index contributed by atoms with van der Waals surface area (Å²) in [6.45, 7) is 1.60. The van der Waals surface area contributed by atoms with E-state index in [4.69, 9.17) is 5.48 Å². The summed E-state index contributed by atoms with van der Waals surface area (Å²) >= 11 is 0. The van der Waals surface area contributed by atoms with Crippen LogP contribution in [0.3, 0.4) is 0 Å². The van der Waals surface area contributed by atoms with Gasteiger partial charge in [0, 0.05) is 35.1 Å². The molecule has 0 bridgehead atoms. The average molecular weight is 220 g/mol. The van der Waals surface area contributed by atoms with Crippen LogP contribution < -0.4 is 0 Å². The third kappa shape index (κ3) is 2.27. The van der Waals surface area contributed by atoms with E-state index in [0.29, 0.717) is 5.56 Å². The number of aromatic nitrogens is 1. The van der Waals surface area contributed by atoms with Crippen molar-refractivity contribution in [2.45, 2.75) is 26.3 Å². The highest BCUT2D eigenvalue weighted by Crippen LogP contribution is 2.18. The van der Waals surface area contributed by atoms with Crippen molar-refractivity contribution in [2.24, 2.45) is 0 Å². The largest absolute Gasteiger partial charge is 0.361 e. The van der Waals surface area contributed by atoms with Crippen molar-refractivity contribution in [1.29, 1.82) is 0 Å². The quantitative estimate of drug-likeness (QED) is 0.839. The molecule has 0 aliphatic rings. The molecule has 1 aromatic heterocycles. The number of aromatic amines is 1. The summed E-state index contributed by atoms with van der Waals surface area (Å²) < 4.78 is 33.1. The Labute approximate surface area is 103 Å². The molecule has 1 aromatic carbocycles. The van der Waals surface area contributed by atoms with Crippen molar-refractivity contribution >= 4 is 10.9 Å². The van der Waals surface area contributed by atoms with E-state index in [9.17, 15) is 0 Å². The molecule has 2 heteroatoms. The molecule has 0 atom stereocenters. The number of hydrogen-bond donors (Lipinski definition) is 1. The van der Waals surface area contributed by atoms with E-state index in [1.165, 1.54) is 4.90 Å². The van der Waals surface area contributed by atoms with Crippen LogP contribution in [-0.4, -0.2) is 29.5 Å². The Morgan fingerprint density at radius 2 is 2.12 bits per heavy atom. The summed E-state index contributed by atoms with van der Waals surface area (Å²) in [6, 6.07) is 7.27. The maximum absolute atomic E-state index is 8.32. The first-order chi connectivity index (χ1) is 9.19. The predicted molar refractivity (Wildman–Crippen MR) is 69.8 cm³/mol. The number of H-pyrrole nitrogens is 1. The van der Waals surface area contributed by atoms with Gasteiger partial charge < -0.3 is 9.88 Å². The molecule has 2 rings (SSSR count). The molecule has 0 fully saturated rings. The molecule has 86 valence electrons. The van der Waals surface area contributed by atoms with Gasteiger partial charge >= 0.3 is 0 Å². The fourth-order valence-electron chi connectivity index (χ4n) is 1.45. The van der Waals surface area contributed by atoms with Gasteiger partial charge in [-0.1, -0.05) is 18.2 Å². The standard InChI is InChI=1S/C14H20N2/c1-11(2)16(3)9-8-12-10-15-14-7-5-4-6-13(12)14/h4-7,10-11,15H,8-9H2,1-3H3/i8D2,9D2. The molecule has 0 saturated heterocycles. The first-order valence-electron chi connectivity index (χ1n) is 7.49. The normalized spacial score (nSPS) is 17.3. The molecule has 1 heterocycles. The molecule has 1 N–H and O–H groups in total. The lowest BCUT2D eigenvalue weighted by Gasteiger charge is -2.20. The Kier molecular flexibility index (Phi) is 2.10. The molecule has 0 amide bonds. The highest BCUT2D eigenvalue weighted by atomic mass is 15.1. The molecule has 0 spiro atoms. The third-order valence-corrected chi connectivity index (χ3v) is 2.73. The number of para-hydroxylation sites is 1. The molecule has 2 nitrogen and oxygen atoms in total. The van der Waals surface area contributed by atoms with Crippen LogP contribution in [0.1, 0.15) is 24.9 Å². The summed E-state index contributed by atoms with van der Waals surface area (Å²) in [5.74, 6) is 0. The fourth-order valence-corrected chi connectivity index (χ4v) is 1.45. The summed E-state index contributed by atoms with van der Waals surface area (Å²) in [6.07, 6.45) is -0.553. The van der Waals surface area contributed by atoms with Gasteiger partial charge in [0.1, 0.15) is 0 Å². The minimum atomic E-state index is -2.12. The van der Waals surface area contributed by atoms with Crippen molar-refractivity contribution in [3.8, 4) is 0 Å². The van der Waals surface area contributed by atoms with E-state index in [2.05, 4.69) is 4.98 Å². The van der Waals surface area contributed by atoms with Crippen LogP contribution in [0.5, 0.6) is 0 Å². The van der Waals surface area contributed by atoms with E-state index in [0.717, 1.165) is 10.9 Å². The zero-order valence-electron chi connectivity index (χ0n) is 13.9. The van der Waals surface area contributed by atoms with Gasteiger partial charge in [0.05, 0.1) is 0 Å². The monoisotopic (exact) mass is 220 g/mol. The number of hydrogen-bond acceptors (Lipinski definition) is 1. The Morgan fingerprint density at radius 1 is 1.38 bits per heavy atom. The molecule has 0 radical (unpaired) electrons. The second-order valence-electron chi connectivity index (χ2n) is 4.19. The van der Waals surface area contributed by atoms with E-state index >= 15 is 0 Å². The van der Waals surface area contributed by atoms with Crippen LogP contribution >= 0.6 is 0 Å². The molecule has 0 aliphatic heterocycles. The van der Waals surface area contributed by atoms with Crippen molar-refractivity contribution in [3.63, 3.8) is 0 Å². The highest BCUT2D eigenvalue weighted by molar-refractivity contribution is 5.83. The summed E-state index contributed by atoms with van der Waals surface area (Å²) in [4.78, 5) is 4.43. The van der Waals surface area contributed by atoms with Crippen LogP contribution in [0.25, 0.3) is 10.9 Å². The van der Waals surface area contributed by atoms with Gasteiger partial charge in [-0.2, -0.15) is 0 Å². The zero-order chi connectivity index (χ0) is 15.1. The van der Waals surface area contributed by atoms with Gasteiger partial charge in [0.2, 0.25) is 0 Å². The predicted octanol–water partition coefficient (Wildman–Crippen LogP) is 3.05. The first-order valence-corrected chi connectivity index (χ1v) is 5.49. The first kappa shape index (κ1) is 7.13. The van der Waals surface area contributed by atoms with Gasteiger partial charge in [-0.15, -0.1) is 0 Å². The molecular formula is C14H20N2. The van der Waals surface area contributed by atoms with E-state index in [1.807, 2.05) is 38.1 Å². The lowest BCUT2D eigenvalue weighted by molar-refractivity contribution is 0.278. The summed E-state index contributed by atoms with van der Waals surface area (Å²) in [7, 11) is 1.61. The third-order valence-electron chi connectivity index (χ3n) is 2.73. The fraction of sp³-hybridized carbons (Fsp3) is 0.429. The van der Waals surface area contributed by atoms with Crippen LogP contribution in [0, 0.1) is 0 Å². The van der Waals surface area contributed by atoms with Gasteiger partial charge in [0.15, 0.2) is 0 Å².